The Morgan fingerprint density at radius 1 is 1.55 bits per heavy atom. The molecule has 2 rings (SSSR count). The van der Waals surface area contributed by atoms with Gasteiger partial charge in [0.05, 0.1) is 4.92 Å². The molecule has 0 spiro atoms. The van der Waals surface area contributed by atoms with Crippen molar-refractivity contribution in [1.82, 2.24) is 4.98 Å². The molecule has 0 aliphatic carbocycles. The Balaban J connectivity index is 2.26. The number of nitro groups is 1. The third-order valence-electron chi connectivity index (χ3n) is 2.08. The van der Waals surface area contributed by atoms with Crippen LogP contribution in [0.4, 0.5) is 10.1 Å². The number of nitrogens with zero attached hydrogens (tertiary/aromatic N) is 2. The zero-order valence-electron chi connectivity index (χ0n) is 9.37. The minimum absolute atomic E-state index is 0.0598. The van der Waals surface area contributed by atoms with E-state index in [-0.39, 0.29) is 21.0 Å². The molecule has 104 valence electrons. The number of aromatic nitrogens is 1. The van der Waals surface area contributed by atoms with Gasteiger partial charge >= 0.3 is 11.7 Å². The van der Waals surface area contributed by atoms with E-state index in [4.69, 9.17) is 21.4 Å². The summed E-state index contributed by atoms with van der Waals surface area (Å²) in [6, 6.07) is 2.89. The maximum atomic E-state index is 13.4. The van der Waals surface area contributed by atoms with E-state index in [2.05, 4.69) is 4.98 Å². The lowest BCUT2D eigenvalue weighted by Crippen LogP contribution is -1.93. The summed E-state index contributed by atoms with van der Waals surface area (Å²) in [7, 11) is 0. The SMILES string of the molecule is O=C(O)c1sc(Oc2ccc([N+](=O)[O-])c(F)c2)nc1Cl. The number of nitro benzene ring substituents is 1. The fourth-order valence-corrected chi connectivity index (χ4v) is 2.25. The van der Waals surface area contributed by atoms with Crippen molar-refractivity contribution in [1.29, 1.82) is 0 Å². The summed E-state index contributed by atoms with van der Waals surface area (Å²) in [5.74, 6) is -2.40. The van der Waals surface area contributed by atoms with Crippen LogP contribution in [0.2, 0.25) is 5.15 Å². The van der Waals surface area contributed by atoms with Gasteiger partial charge in [-0.15, -0.1) is 0 Å². The summed E-state index contributed by atoms with van der Waals surface area (Å²) in [6.07, 6.45) is 0. The van der Waals surface area contributed by atoms with Crippen molar-refractivity contribution in [3.63, 3.8) is 0 Å². The van der Waals surface area contributed by atoms with Crippen LogP contribution in [0.5, 0.6) is 10.9 Å². The highest BCUT2D eigenvalue weighted by Gasteiger charge is 2.19. The van der Waals surface area contributed by atoms with E-state index in [1.165, 1.54) is 0 Å². The van der Waals surface area contributed by atoms with E-state index in [9.17, 15) is 19.3 Å². The van der Waals surface area contributed by atoms with Gasteiger partial charge in [0, 0.05) is 12.1 Å². The number of benzene rings is 1. The van der Waals surface area contributed by atoms with Crippen LogP contribution in [-0.2, 0) is 0 Å². The van der Waals surface area contributed by atoms with Crippen molar-refractivity contribution in [3.05, 3.63) is 44.2 Å². The zero-order chi connectivity index (χ0) is 14.9. The first-order valence-electron chi connectivity index (χ1n) is 4.90. The van der Waals surface area contributed by atoms with E-state index in [1.54, 1.807) is 0 Å². The van der Waals surface area contributed by atoms with E-state index in [1.807, 2.05) is 0 Å². The van der Waals surface area contributed by atoms with Crippen LogP contribution >= 0.6 is 22.9 Å². The fraction of sp³-hybridized carbons (Fsp3) is 0. The van der Waals surface area contributed by atoms with Gasteiger partial charge in [-0.25, -0.2) is 4.79 Å². The molecule has 20 heavy (non-hydrogen) atoms. The van der Waals surface area contributed by atoms with Gasteiger partial charge in [-0.05, 0) is 6.07 Å². The largest absolute Gasteiger partial charge is 0.477 e. The van der Waals surface area contributed by atoms with Crippen molar-refractivity contribution in [2.45, 2.75) is 0 Å². The van der Waals surface area contributed by atoms with Crippen LogP contribution in [0.1, 0.15) is 9.67 Å². The van der Waals surface area contributed by atoms with Crippen LogP contribution in [0.25, 0.3) is 0 Å². The molecule has 0 radical (unpaired) electrons. The molecule has 0 bridgehead atoms. The minimum atomic E-state index is -1.27. The number of carboxylic acids is 1. The lowest BCUT2D eigenvalue weighted by atomic mass is 10.3. The molecule has 0 amide bonds. The topological polar surface area (TPSA) is 103 Å². The highest BCUT2D eigenvalue weighted by molar-refractivity contribution is 7.15. The predicted octanol–water partition coefficient (Wildman–Crippen LogP) is 3.33. The number of thiazole rings is 1. The molecule has 2 aromatic rings. The maximum Gasteiger partial charge on any atom is 0.349 e. The molecule has 0 atom stereocenters. The first kappa shape index (κ1) is 14.2. The Hall–Kier alpha value is -2.26. The van der Waals surface area contributed by atoms with Crippen molar-refractivity contribution < 1.29 is 24.0 Å². The number of halogens is 2. The molecule has 1 aromatic carbocycles. The second-order valence-corrected chi connectivity index (χ2v) is 4.70. The van der Waals surface area contributed by atoms with Gasteiger partial charge in [0.15, 0.2) is 10.0 Å². The molecule has 1 N–H and O–H groups in total. The molecule has 0 aliphatic rings. The molecule has 10 heteroatoms. The molecular weight excluding hydrogens is 315 g/mol. The van der Waals surface area contributed by atoms with Crippen LogP contribution in [0.3, 0.4) is 0 Å². The molecular formula is C10H4ClFN2O5S. The van der Waals surface area contributed by atoms with Crippen LogP contribution < -0.4 is 4.74 Å². The average molecular weight is 319 g/mol. The smallest absolute Gasteiger partial charge is 0.349 e. The minimum Gasteiger partial charge on any atom is -0.477 e. The number of carboxylic acid groups (broad SMARTS) is 1. The number of rotatable bonds is 4. The Morgan fingerprint density at radius 2 is 2.25 bits per heavy atom. The number of aromatic carboxylic acids is 1. The Labute approximate surface area is 119 Å². The lowest BCUT2D eigenvalue weighted by molar-refractivity contribution is -0.387. The summed E-state index contributed by atoms with van der Waals surface area (Å²) in [5.41, 5.74) is -0.694. The molecule has 0 aliphatic heterocycles. The third kappa shape index (κ3) is 2.83. The molecule has 1 aromatic heterocycles. The highest BCUT2D eigenvalue weighted by Crippen LogP contribution is 2.33. The van der Waals surface area contributed by atoms with Crippen molar-refractivity contribution in [2.24, 2.45) is 0 Å². The molecule has 1 heterocycles. The second-order valence-electron chi connectivity index (χ2n) is 3.38. The molecule has 0 saturated heterocycles. The Bertz CT molecular complexity index is 705. The number of ether oxygens (including phenoxy) is 1. The standard InChI is InChI=1S/C10H4ClFN2O5S/c11-8-7(9(15)16)20-10(13-8)19-4-1-2-6(14(17)18)5(12)3-4/h1-3H,(H,15,16). The van der Waals surface area contributed by atoms with Gasteiger partial charge in [-0.1, -0.05) is 22.9 Å². The Kier molecular flexibility index (Phi) is 3.81. The summed E-state index contributed by atoms with van der Waals surface area (Å²) in [4.78, 5) is 23.8. The van der Waals surface area contributed by atoms with Crippen molar-refractivity contribution in [3.8, 4) is 10.9 Å². The monoisotopic (exact) mass is 318 g/mol. The fourth-order valence-electron chi connectivity index (χ4n) is 1.26. The van der Waals surface area contributed by atoms with Crippen molar-refractivity contribution >= 4 is 34.6 Å². The van der Waals surface area contributed by atoms with Gasteiger partial charge in [0.2, 0.25) is 5.82 Å². The summed E-state index contributed by atoms with van der Waals surface area (Å²) < 4.78 is 18.5. The Morgan fingerprint density at radius 3 is 2.75 bits per heavy atom. The average Bonchev–Trinajstić information content (AvgIpc) is 2.70. The summed E-state index contributed by atoms with van der Waals surface area (Å²) >= 11 is 6.24. The third-order valence-corrected chi connectivity index (χ3v) is 3.39. The van der Waals surface area contributed by atoms with E-state index < -0.39 is 22.4 Å². The van der Waals surface area contributed by atoms with Crippen LogP contribution in [-0.4, -0.2) is 21.0 Å². The molecule has 7 nitrogen and oxygen atoms in total. The predicted molar refractivity (Wildman–Crippen MR) is 67.2 cm³/mol. The molecule has 0 unspecified atom stereocenters. The maximum absolute atomic E-state index is 13.4. The first-order valence-corrected chi connectivity index (χ1v) is 6.09. The van der Waals surface area contributed by atoms with E-state index in [0.717, 1.165) is 18.2 Å². The number of hydrogen-bond donors (Lipinski definition) is 1. The van der Waals surface area contributed by atoms with Crippen molar-refractivity contribution in [2.75, 3.05) is 0 Å². The van der Waals surface area contributed by atoms with Gasteiger partial charge in [-0.2, -0.15) is 9.37 Å². The lowest BCUT2D eigenvalue weighted by Gasteiger charge is -2.01. The molecule has 0 fully saturated rings. The summed E-state index contributed by atoms with van der Waals surface area (Å²) in [5, 5.41) is 18.9. The first-order chi connectivity index (χ1) is 9.38. The van der Waals surface area contributed by atoms with E-state index in [0.29, 0.717) is 11.3 Å². The van der Waals surface area contributed by atoms with Gasteiger partial charge in [0.25, 0.3) is 5.19 Å². The van der Waals surface area contributed by atoms with Crippen LogP contribution in [0.15, 0.2) is 18.2 Å². The zero-order valence-corrected chi connectivity index (χ0v) is 10.9. The van der Waals surface area contributed by atoms with Crippen LogP contribution in [0, 0.1) is 15.9 Å². The number of carbonyl (C=O) groups is 1. The van der Waals surface area contributed by atoms with Gasteiger partial charge in [0.1, 0.15) is 5.75 Å². The van der Waals surface area contributed by atoms with E-state index >= 15 is 0 Å². The van der Waals surface area contributed by atoms with Gasteiger partial charge < -0.3 is 9.84 Å². The molecule has 0 saturated carbocycles. The normalized spacial score (nSPS) is 10.3. The number of hydrogen-bond acceptors (Lipinski definition) is 6. The quantitative estimate of drug-likeness (QED) is 0.685. The van der Waals surface area contributed by atoms with Gasteiger partial charge in [-0.3, -0.25) is 10.1 Å². The second kappa shape index (κ2) is 5.39. The highest BCUT2D eigenvalue weighted by atomic mass is 35.5. The summed E-state index contributed by atoms with van der Waals surface area (Å²) in [6.45, 7) is 0.